The maximum atomic E-state index is 4.10. The van der Waals surface area contributed by atoms with Gasteiger partial charge in [0.15, 0.2) is 0 Å². The molecule has 0 bridgehead atoms. The SMILES string of the molecule is C=C(C)c1ccc2c(c1)c1cc(C(=C)C)ccc1n2CCNC(C)C. The number of allylic oxidation sites excluding steroid dienone is 2. The van der Waals surface area contributed by atoms with Gasteiger partial charge in [0.25, 0.3) is 0 Å². The van der Waals surface area contributed by atoms with Crippen molar-refractivity contribution in [1.82, 2.24) is 9.88 Å². The minimum atomic E-state index is 0.498. The molecular weight excluding hydrogens is 304 g/mol. The predicted molar refractivity (Wildman–Crippen MR) is 112 cm³/mol. The number of hydrogen-bond donors (Lipinski definition) is 1. The number of benzene rings is 2. The molecule has 0 amide bonds. The van der Waals surface area contributed by atoms with E-state index in [2.05, 4.69) is 87.1 Å². The quantitative estimate of drug-likeness (QED) is 0.598. The van der Waals surface area contributed by atoms with E-state index in [9.17, 15) is 0 Å². The fraction of sp³-hybridized carbons (Fsp3) is 0.304. The summed E-state index contributed by atoms with van der Waals surface area (Å²) in [5.41, 5.74) is 7.16. The Hall–Kier alpha value is -2.32. The second kappa shape index (κ2) is 6.89. The lowest BCUT2D eigenvalue weighted by Crippen LogP contribution is -2.26. The molecule has 0 saturated heterocycles. The van der Waals surface area contributed by atoms with Crippen LogP contribution >= 0.6 is 0 Å². The Balaban J connectivity index is 2.21. The van der Waals surface area contributed by atoms with Crippen molar-refractivity contribution in [1.29, 1.82) is 0 Å². The highest BCUT2D eigenvalue weighted by atomic mass is 15.0. The van der Waals surface area contributed by atoms with Gasteiger partial charge in [-0.1, -0.05) is 50.3 Å². The van der Waals surface area contributed by atoms with E-state index in [1.54, 1.807) is 0 Å². The van der Waals surface area contributed by atoms with Crippen LogP contribution in [0.2, 0.25) is 0 Å². The zero-order chi connectivity index (χ0) is 18.1. The van der Waals surface area contributed by atoms with Crippen LogP contribution in [0.5, 0.6) is 0 Å². The fourth-order valence-corrected chi connectivity index (χ4v) is 3.34. The molecule has 0 unspecified atom stereocenters. The Morgan fingerprint density at radius 1 is 0.920 bits per heavy atom. The highest BCUT2D eigenvalue weighted by molar-refractivity contribution is 6.09. The van der Waals surface area contributed by atoms with E-state index in [1.807, 2.05) is 0 Å². The second-order valence-electron chi connectivity index (χ2n) is 7.28. The van der Waals surface area contributed by atoms with Gasteiger partial charge in [-0.25, -0.2) is 0 Å². The van der Waals surface area contributed by atoms with Gasteiger partial charge in [-0.3, -0.25) is 0 Å². The smallest absolute Gasteiger partial charge is 0.0492 e. The van der Waals surface area contributed by atoms with Crippen LogP contribution in [0.1, 0.15) is 38.8 Å². The molecule has 3 rings (SSSR count). The highest BCUT2D eigenvalue weighted by Gasteiger charge is 2.12. The Morgan fingerprint density at radius 2 is 1.40 bits per heavy atom. The van der Waals surface area contributed by atoms with Crippen LogP contribution < -0.4 is 5.32 Å². The van der Waals surface area contributed by atoms with Crippen molar-refractivity contribution in [2.24, 2.45) is 0 Å². The number of nitrogens with one attached hydrogen (secondary N) is 1. The summed E-state index contributed by atoms with van der Waals surface area (Å²) in [7, 11) is 0. The van der Waals surface area contributed by atoms with Crippen molar-refractivity contribution < 1.29 is 0 Å². The number of fused-ring (bicyclic) bond motifs is 3. The van der Waals surface area contributed by atoms with Gasteiger partial charge in [-0.05, 0) is 49.2 Å². The summed E-state index contributed by atoms with van der Waals surface area (Å²) >= 11 is 0. The predicted octanol–water partition coefficient (Wildman–Crippen LogP) is 5.86. The fourth-order valence-electron chi connectivity index (χ4n) is 3.34. The van der Waals surface area contributed by atoms with Crippen LogP contribution in [0.15, 0.2) is 49.6 Å². The molecule has 0 radical (unpaired) electrons. The number of hydrogen-bond acceptors (Lipinski definition) is 1. The molecule has 0 fully saturated rings. The molecule has 1 N–H and O–H groups in total. The third kappa shape index (κ3) is 3.40. The van der Waals surface area contributed by atoms with Gasteiger partial charge in [0.1, 0.15) is 0 Å². The molecule has 1 heterocycles. The Bertz CT molecular complexity index is 886. The molecule has 0 aliphatic carbocycles. The van der Waals surface area contributed by atoms with Crippen LogP contribution in [-0.2, 0) is 6.54 Å². The van der Waals surface area contributed by atoms with Crippen molar-refractivity contribution >= 4 is 33.0 Å². The summed E-state index contributed by atoms with van der Waals surface area (Å²) in [6, 6.07) is 13.9. The summed E-state index contributed by atoms with van der Waals surface area (Å²) in [5, 5.41) is 6.11. The molecule has 0 spiro atoms. The van der Waals surface area contributed by atoms with Crippen LogP contribution in [-0.4, -0.2) is 17.2 Å². The standard InChI is InChI=1S/C23H28N2/c1-15(2)18-7-9-22-20(13-18)21-14-19(16(3)4)8-10-23(21)25(22)12-11-24-17(5)6/h7-10,13-14,17,24H,1,3,11-12H2,2,4-6H3. The molecule has 0 aliphatic rings. The van der Waals surface area contributed by atoms with Crippen molar-refractivity contribution in [3.63, 3.8) is 0 Å². The van der Waals surface area contributed by atoms with Crippen LogP contribution in [0.4, 0.5) is 0 Å². The van der Waals surface area contributed by atoms with Gasteiger partial charge in [0.2, 0.25) is 0 Å². The topological polar surface area (TPSA) is 17.0 Å². The lowest BCUT2D eigenvalue weighted by molar-refractivity contribution is 0.553. The summed E-state index contributed by atoms with van der Waals surface area (Å²) in [5.74, 6) is 0. The van der Waals surface area contributed by atoms with Gasteiger partial charge in [-0.15, -0.1) is 0 Å². The van der Waals surface area contributed by atoms with Crippen molar-refractivity contribution in [2.75, 3.05) is 6.54 Å². The minimum Gasteiger partial charge on any atom is -0.339 e. The van der Waals surface area contributed by atoms with E-state index in [-0.39, 0.29) is 0 Å². The Labute approximate surface area is 150 Å². The average Bonchev–Trinajstić information content (AvgIpc) is 2.87. The first-order valence-corrected chi connectivity index (χ1v) is 8.99. The van der Waals surface area contributed by atoms with Crippen molar-refractivity contribution in [2.45, 2.75) is 40.3 Å². The van der Waals surface area contributed by atoms with E-state index in [4.69, 9.17) is 0 Å². The van der Waals surface area contributed by atoms with E-state index in [0.29, 0.717) is 6.04 Å². The summed E-state index contributed by atoms with van der Waals surface area (Å²) in [6.07, 6.45) is 0. The van der Waals surface area contributed by atoms with Crippen LogP contribution in [0.25, 0.3) is 33.0 Å². The third-order valence-corrected chi connectivity index (χ3v) is 4.74. The maximum Gasteiger partial charge on any atom is 0.0492 e. The summed E-state index contributed by atoms with van der Waals surface area (Å²) in [4.78, 5) is 0. The Kier molecular flexibility index (Phi) is 4.82. The summed E-state index contributed by atoms with van der Waals surface area (Å²) in [6.45, 7) is 18.6. The van der Waals surface area contributed by atoms with Gasteiger partial charge >= 0.3 is 0 Å². The lowest BCUT2D eigenvalue weighted by Gasteiger charge is -2.11. The molecular formula is C23H28N2. The first-order valence-electron chi connectivity index (χ1n) is 8.99. The Morgan fingerprint density at radius 3 is 1.80 bits per heavy atom. The van der Waals surface area contributed by atoms with E-state index >= 15 is 0 Å². The minimum absolute atomic E-state index is 0.498. The zero-order valence-electron chi connectivity index (χ0n) is 15.8. The number of nitrogens with zero attached hydrogens (tertiary/aromatic N) is 1. The van der Waals surface area contributed by atoms with Gasteiger partial charge in [-0.2, -0.15) is 0 Å². The average molecular weight is 332 g/mol. The van der Waals surface area contributed by atoms with Crippen molar-refractivity contribution in [3.8, 4) is 0 Å². The van der Waals surface area contributed by atoms with Gasteiger partial charge < -0.3 is 9.88 Å². The molecule has 2 aromatic carbocycles. The molecule has 0 saturated carbocycles. The van der Waals surface area contributed by atoms with Gasteiger partial charge in [0.05, 0.1) is 0 Å². The number of rotatable bonds is 6. The van der Waals surface area contributed by atoms with Gasteiger partial charge in [0, 0.05) is 40.9 Å². The van der Waals surface area contributed by atoms with Crippen LogP contribution in [0.3, 0.4) is 0 Å². The molecule has 0 atom stereocenters. The lowest BCUT2D eigenvalue weighted by atomic mass is 10.0. The maximum absolute atomic E-state index is 4.10. The molecule has 2 heteroatoms. The van der Waals surface area contributed by atoms with E-state index < -0.39 is 0 Å². The molecule has 3 aromatic rings. The highest BCUT2D eigenvalue weighted by Crippen LogP contribution is 2.32. The van der Waals surface area contributed by atoms with E-state index in [1.165, 1.54) is 32.9 Å². The first-order chi connectivity index (χ1) is 11.9. The van der Waals surface area contributed by atoms with E-state index in [0.717, 1.165) is 24.2 Å². The molecule has 1 aromatic heterocycles. The second-order valence-corrected chi connectivity index (χ2v) is 7.28. The third-order valence-electron chi connectivity index (χ3n) is 4.74. The zero-order valence-corrected chi connectivity index (χ0v) is 15.8. The largest absolute Gasteiger partial charge is 0.339 e. The number of aromatic nitrogens is 1. The molecule has 25 heavy (non-hydrogen) atoms. The molecule has 0 aliphatic heterocycles. The molecule has 2 nitrogen and oxygen atoms in total. The first kappa shape index (κ1) is 17.5. The van der Waals surface area contributed by atoms with Crippen LogP contribution in [0, 0.1) is 0 Å². The normalized spacial score (nSPS) is 11.6. The monoisotopic (exact) mass is 332 g/mol. The van der Waals surface area contributed by atoms with Crippen molar-refractivity contribution in [3.05, 3.63) is 60.7 Å². The molecule has 130 valence electrons. The summed E-state index contributed by atoms with van der Waals surface area (Å²) < 4.78 is 2.42.